The molecule has 5 nitrogen and oxygen atoms in total. The molecule has 0 aliphatic carbocycles. The number of benzene rings is 1. The third-order valence-corrected chi connectivity index (χ3v) is 5.90. The summed E-state index contributed by atoms with van der Waals surface area (Å²) < 4.78 is 3.11. The summed E-state index contributed by atoms with van der Waals surface area (Å²) in [5.41, 5.74) is 2.79. The molecule has 27 heavy (non-hydrogen) atoms. The summed E-state index contributed by atoms with van der Waals surface area (Å²) in [6.07, 6.45) is 3.28. The molecule has 3 heterocycles. The zero-order valence-corrected chi connectivity index (χ0v) is 16.0. The van der Waals surface area contributed by atoms with Gasteiger partial charge in [-0.1, -0.05) is 30.3 Å². The lowest BCUT2D eigenvalue weighted by molar-refractivity contribution is -0.130. The van der Waals surface area contributed by atoms with Crippen LogP contribution >= 0.6 is 11.3 Å². The van der Waals surface area contributed by atoms with Gasteiger partial charge in [0.2, 0.25) is 5.91 Å². The Labute approximate surface area is 162 Å². The minimum atomic E-state index is -0.195. The maximum atomic E-state index is 12.8. The van der Waals surface area contributed by atoms with Gasteiger partial charge in [0.15, 0.2) is 0 Å². The standard InChI is InChI=1S/C21H23N3O2S/c25-20(23-10-5-2-6-11-23)14-22-21(26)18-13-19-17(9-12-27-19)24(18)15-16-7-3-1-4-8-16/h1,3-4,7-9,12-13H,2,5-6,10-11,14-15H2,(H,22,26). The second-order valence-electron chi connectivity index (χ2n) is 6.90. The first-order valence-corrected chi connectivity index (χ1v) is 10.3. The summed E-state index contributed by atoms with van der Waals surface area (Å²) in [6.45, 7) is 2.29. The molecular weight excluding hydrogens is 358 g/mol. The topological polar surface area (TPSA) is 54.3 Å². The highest BCUT2D eigenvalue weighted by Gasteiger charge is 2.20. The fourth-order valence-corrected chi connectivity index (χ4v) is 4.43. The molecule has 1 fully saturated rings. The van der Waals surface area contributed by atoms with Crippen LogP contribution in [0.1, 0.15) is 35.3 Å². The van der Waals surface area contributed by atoms with Crippen molar-refractivity contribution < 1.29 is 9.59 Å². The van der Waals surface area contributed by atoms with E-state index in [4.69, 9.17) is 0 Å². The lowest BCUT2D eigenvalue weighted by Crippen LogP contribution is -2.42. The monoisotopic (exact) mass is 381 g/mol. The van der Waals surface area contributed by atoms with Gasteiger partial charge in [-0.3, -0.25) is 9.59 Å². The van der Waals surface area contributed by atoms with Crippen molar-refractivity contribution in [2.75, 3.05) is 19.6 Å². The molecular formula is C21H23N3O2S. The fourth-order valence-electron chi connectivity index (χ4n) is 3.60. The van der Waals surface area contributed by atoms with Crippen molar-refractivity contribution in [3.63, 3.8) is 0 Å². The van der Waals surface area contributed by atoms with Crippen molar-refractivity contribution in [2.24, 2.45) is 0 Å². The zero-order valence-electron chi connectivity index (χ0n) is 15.2. The number of fused-ring (bicyclic) bond motifs is 1. The number of nitrogens with one attached hydrogen (secondary N) is 1. The Morgan fingerprint density at radius 2 is 1.81 bits per heavy atom. The van der Waals surface area contributed by atoms with Gasteiger partial charge in [0.25, 0.3) is 5.91 Å². The minimum absolute atomic E-state index is 0.00558. The van der Waals surface area contributed by atoms with Gasteiger partial charge in [0.05, 0.1) is 16.8 Å². The van der Waals surface area contributed by atoms with E-state index in [1.165, 1.54) is 6.42 Å². The second-order valence-corrected chi connectivity index (χ2v) is 7.84. The van der Waals surface area contributed by atoms with Crippen LogP contribution in [-0.4, -0.2) is 40.9 Å². The summed E-state index contributed by atoms with van der Waals surface area (Å²) in [5, 5.41) is 4.86. The molecule has 0 atom stereocenters. The predicted molar refractivity (Wildman–Crippen MR) is 108 cm³/mol. The fraction of sp³-hybridized carbons (Fsp3) is 0.333. The van der Waals surface area contributed by atoms with Gasteiger partial charge in [-0.15, -0.1) is 11.3 Å². The van der Waals surface area contributed by atoms with Crippen LogP contribution in [0.4, 0.5) is 0 Å². The molecule has 0 radical (unpaired) electrons. The highest BCUT2D eigenvalue weighted by Crippen LogP contribution is 2.26. The van der Waals surface area contributed by atoms with Crippen LogP contribution < -0.4 is 5.32 Å². The minimum Gasteiger partial charge on any atom is -0.342 e. The molecule has 1 saturated heterocycles. The number of carbonyl (C=O) groups is 2. The van der Waals surface area contributed by atoms with Crippen molar-refractivity contribution in [1.29, 1.82) is 0 Å². The van der Waals surface area contributed by atoms with E-state index in [0.717, 1.165) is 41.7 Å². The summed E-state index contributed by atoms with van der Waals surface area (Å²) in [5.74, 6) is -0.189. The number of carbonyl (C=O) groups excluding carboxylic acids is 2. The number of hydrogen-bond acceptors (Lipinski definition) is 3. The quantitative estimate of drug-likeness (QED) is 0.735. The van der Waals surface area contributed by atoms with E-state index >= 15 is 0 Å². The van der Waals surface area contributed by atoms with Crippen LogP contribution in [0.3, 0.4) is 0 Å². The van der Waals surface area contributed by atoms with Crippen LogP contribution in [0.25, 0.3) is 10.2 Å². The van der Waals surface area contributed by atoms with Gasteiger partial charge >= 0.3 is 0 Å². The van der Waals surface area contributed by atoms with E-state index in [9.17, 15) is 9.59 Å². The number of thiophene rings is 1. The summed E-state index contributed by atoms with van der Waals surface area (Å²) >= 11 is 1.62. The number of hydrogen-bond donors (Lipinski definition) is 1. The van der Waals surface area contributed by atoms with Gasteiger partial charge in [-0.25, -0.2) is 0 Å². The Balaban J connectivity index is 1.50. The molecule has 4 rings (SSSR count). The van der Waals surface area contributed by atoms with E-state index < -0.39 is 0 Å². The number of piperidine rings is 1. The van der Waals surface area contributed by atoms with Crippen LogP contribution in [0.5, 0.6) is 0 Å². The normalized spacial score (nSPS) is 14.4. The second kappa shape index (κ2) is 7.96. The lowest BCUT2D eigenvalue weighted by Gasteiger charge is -2.26. The maximum Gasteiger partial charge on any atom is 0.268 e. The van der Waals surface area contributed by atoms with Crippen LogP contribution in [0.2, 0.25) is 0 Å². The van der Waals surface area contributed by atoms with Crippen molar-refractivity contribution in [3.8, 4) is 0 Å². The molecule has 1 aliphatic heterocycles. The molecule has 0 bridgehead atoms. The number of nitrogens with zero attached hydrogens (tertiary/aromatic N) is 2. The lowest BCUT2D eigenvalue weighted by atomic mass is 10.1. The summed E-state index contributed by atoms with van der Waals surface area (Å²) in [4.78, 5) is 27.0. The summed E-state index contributed by atoms with van der Waals surface area (Å²) in [6, 6.07) is 14.1. The molecule has 6 heteroatoms. The van der Waals surface area contributed by atoms with E-state index in [-0.39, 0.29) is 18.4 Å². The number of amides is 2. The average molecular weight is 382 g/mol. The Kier molecular flexibility index (Phi) is 5.25. The number of likely N-dealkylation sites (tertiary alicyclic amines) is 1. The SMILES string of the molecule is O=C(NCC(=O)N1CCCCC1)c1cc2sccc2n1Cc1ccccc1. The molecule has 1 N–H and O–H groups in total. The van der Waals surface area contributed by atoms with Crippen molar-refractivity contribution in [1.82, 2.24) is 14.8 Å². The van der Waals surface area contributed by atoms with Crippen LogP contribution in [0, 0.1) is 0 Å². The molecule has 0 saturated carbocycles. The Bertz CT molecular complexity index is 939. The van der Waals surface area contributed by atoms with E-state index in [1.54, 1.807) is 11.3 Å². The van der Waals surface area contributed by atoms with Crippen molar-refractivity contribution in [3.05, 3.63) is 59.1 Å². The van der Waals surface area contributed by atoms with E-state index in [1.807, 2.05) is 45.2 Å². The first kappa shape index (κ1) is 17.8. The average Bonchev–Trinajstić information content (AvgIpc) is 3.30. The van der Waals surface area contributed by atoms with Crippen LogP contribution in [0.15, 0.2) is 47.8 Å². The van der Waals surface area contributed by atoms with Crippen molar-refractivity contribution >= 4 is 33.4 Å². The van der Waals surface area contributed by atoms with Gasteiger partial charge in [0, 0.05) is 19.6 Å². The Morgan fingerprint density at radius 3 is 2.59 bits per heavy atom. The third kappa shape index (κ3) is 3.90. The van der Waals surface area contributed by atoms with E-state index in [0.29, 0.717) is 12.2 Å². The smallest absolute Gasteiger partial charge is 0.268 e. The molecule has 0 unspecified atom stereocenters. The highest BCUT2D eigenvalue weighted by molar-refractivity contribution is 7.17. The van der Waals surface area contributed by atoms with Gasteiger partial charge in [-0.2, -0.15) is 0 Å². The van der Waals surface area contributed by atoms with Gasteiger partial charge in [-0.05, 0) is 42.3 Å². The first-order valence-electron chi connectivity index (χ1n) is 9.39. The molecule has 0 spiro atoms. The molecule has 2 amide bonds. The molecule has 1 aromatic carbocycles. The molecule has 1 aliphatic rings. The summed E-state index contributed by atoms with van der Waals surface area (Å²) in [7, 11) is 0. The maximum absolute atomic E-state index is 12.8. The highest BCUT2D eigenvalue weighted by atomic mass is 32.1. The molecule has 3 aromatic rings. The molecule has 140 valence electrons. The van der Waals surface area contributed by atoms with Crippen LogP contribution in [-0.2, 0) is 11.3 Å². The van der Waals surface area contributed by atoms with Gasteiger partial charge < -0.3 is 14.8 Å². The van der Waals surface area contributed by atoms with Gasteiger partial charge in [0.1, 0.15) is 5.69 Å². The number of rotatable bonds is 5. The largest absolute Gasteiger partial charge is 0.342 e. The molecule has 2 aromatic heterocycles. The number of aromatic nitrogens is 1. The van der Waals surface area contributed by atoms with E-state index in [2.05, 4.69) is 17.4 Å². The van der Waals surface area contributed by atoms with Crippen molar-refractivity contribution in [2.45, 2.75) is 25.8 Å². The Hall–Kier alpha value is -2.60. The zero-order chi connectivity index (χ0) is 18.6. The first-order chi connectivity index (χ1) is 13.2. The third-order valence-electron chi connectivity index (χ3n) is 5.05. The Morgan fingerprint density at radius 1 is 1.04 bits per heavy atom. The predicted octanol–water partition coefficient (Wildman–Crippen LogP) is 3.49.